The van der Waals surface area contributed by atoms with Gasteiger partial charge in [0.1, 0.15) is 5.54 Å². The second-order valence-electron chi connectivity index (χ2n) is 6.77. The minimum Gasteiger partial charge on any atom is -0.335 e. The Bertz CT molecular complexity index is 670. The van der Waals surface area contributed by atoms with Gasteiger partial charge in [0.25, 0.3) is 5.91 Å². The van der Waals surface area contributed by atoms with E-state index in [1.54, 1.807) is 17.3 Å². The average molecular weight is 345 g/mol. The van der Waals surface area contributed by atoms with Gasteiger partial charge in [-0.05, 0) is 43.9 Å². The summed E-state index contributed by atoms with van der Waals surface area (Å²) in [6, 6.07) is 3.34. The zero-order valence-electron chi connectivity index (χ0n) is 14.5. The van der Waals surface area contributed by atoms with E-state index in [2.05, 4.69) is 15.6 Å². The van der Waals surface area contributed by atoms with Crippen molar-refractivity contribution in [3.63, 3.8) is 0 Å². The third kappa shape index (κ3) is 3.42. The summed E-state index contributed by atoms with van der Waals surface area (Å²) in [6.07, 6.45) is 5.07. The number of hydrogen-bond acceptors (Lipinski definition) is 4. The van der Waals surface area contributed by atoms with Gasteiger partial charge in [0.2, 0.25) is 0 Å². The number of pyridine rings is 1. The average Bonchev–Trinajstić information content (AvgIpc) is 2.80. The molecule has 2 saturated heterocycles. The number of amides is 5. The monoisotopic (exact) mass is 345 g/mol. The number of nitrogens with one attached hydrogen (secondary N) is 2. The van der Waals surface area contributed by atoms with Gasteiger partial charge in [0, 0.05) is 38.6 Å². The van der Waals surface area contributed by atoms with E-state index in [0.717, 1.165) is 16.9 Å². The number of carbonyl (C=O) groups is 3. The van der Waals surface area contributed by atoms with E-state index in [0.29, 0.717) is 25.9 Å². The third-order valence-corrected chi connectivity index (χ3v) is 4.93. The lowest BCUT2D eigenvalue weighted by Gasteiger charge is -2.37. The second-order valence-corrected chi connectivity index (χ2v) is 6.77. The van der Waals surface area contributed by atoms with Gasteiger partial charge in [-0.1, -0.05) is 0 Å². The Balaban J connectivity index is 1.52. The summed E-state index contributed by atoms with van der Waals surface area (Å²) in [5.41, 5.74) is 0.272. The molecule has 1 spiro atoms. The first-order valence-corrected chi connectivity index (χ1v) is 8.46. The smallest absolute Gasteiger partial charge is 0.324 e. The van der Waals surface area contributed by atoms with E-state index in [1.165, 1.54) is 7.05 Å². The number of rotatable bonds is 3. The van der Waals surface area contributed by atoms with Gasteiger partial charge in [0.15, 0.2) is 0 Å². The van der Waals surface area contributed by atoms with Crippen LogP contribution in [0.2, 0.25) is 0 Å². The van der Waals surface area contributed by atoms with Crippen LogP contribution in [0.25, 0.3) is 0 Å². The molecule has 1 aromatic rings. The van der Waals surface area contributed by atoms with Crippen molar-refractivity contribution in [3.05, 3.63) is 30.1 Å². The van der Waals surface area contributed by atoms with E-state index in [-0.39, 0.29) is 24.0 Å². The van der Waals surface area contributed by atoms with Crippen LogP contribution < -0.4 is 10.6 Å². The molecular formula is C17H23N5O3. The first-order valence-electron chi connectivity index (χ1n) is 8.46. The fourth-order valence-electron chi connectivity index (χ4n) is 3.41. The molecule has 25 heavy (non-hydrogen) atoms. The number of likely N-dealkylation sites (N-methyl/N-ethyl adjacent to an activating group) is 1. The highest BCUT2D eigenvalue weighted by molar-refractivity contribution is 6.06. The lowest BCUT2D eigenvalue weighted by atomic mass is 9.87. The largest absolute Gasteiger partial charge is 0.335 e. The van der Waals surface area contributed by atoms with Crippen molar-refractivity contribution < 1.29 is 14.4 Å². The highest BCUT2D eigenvalue weighted by Gasteiger charge is 2.51. The van der Waals surface area contributed by atoms with E-state index in [4.69, 9.17) is 0 Å². The van der Waals surface area contributed by atoms with Crippen LogP contribution in [-0.2, 0) is 11.2 Å². The molecule has 0 aliphatic carbocycles. The molecule has 8 nitrogen and oxygen atoms in total. The minimum absolute atomic E-state index is 0.00950. The van der Waals surface area contributed by atoms with Gasteiger partial charge in [-0.15, -0.1) is 0 Å². The zero-order chi connectivity index (χ0) is 18.0. The molecule has 1 aromatic heterocycles. The molecular weight excluding hydrogens is 322 g/mol. The maximum Gasteiger partial charge on any atom is 0.324 e. The first-order chi connectivity index (χ1) is 11.9. The Morgan fingerprint density at radius 3 is 2.52 bits per heavy atom. The predicted molar refractivity (Wildman–Crippen MR) is 90.8 cm³/mol. The molecule has 8 heteroatoms. The van der Waals surface area contributed by atoms with Crippen LogP contribution in [-0.4, -0.2) is 64.5 Å². The van der Waals surface area contributed by atoms with Gasteiger partial charge in [-0.25, -0.2) is 9.59 Å². The molecule has 1 unspecified atom stereocenters. The Morgan fingerprint density at radius 1 is 1.32 bits per heavy atom. The molecule has 1 atom stereocenters. The number of imide groups is 1. The molecule has 0 bridgehead atoms. The minimum atomic E-state index is -0.842. The molecule has 2 N–H and O–H groups in total. The molecule has 2 aliphatic rings. The number of nitrogens with zero attached hydrogens (tertiary/aromatic N) is 3. The highest BCUT2D eigenvalue weighted by atomic mass is 16.2. The van der Waals surface area contributed by atoms with Gasteiger partial charge in [-0.2, -0.15) is 0 Å². The molecule has 134 valence electrons. The molecule has 0 radical (unpaired) electrons. The maximum absolute atomic E-state index is 12.4. The fraction of sp³-hybridized carbons (Fsp3) is 0.529. The van der Waals surface area contributed by atoms with Crippen LogP contribution in [0, 0.1) is 0 Å². The van der Waals surface area contributed by atoms with Crippen molar-refractivity contribution in [2.45, 2.75) is 37.8 Å². The van der Waals surface area contributed by atoms with Crippen molar-refractivity contribution in [2.75, 3.05) is 20.1 Å². The van der Waals surface area contributed by atoms with Gasteiger partial charge < -0.3 is 15.5 Å². The number of urea groups is 2. The van der Waals surface area contributed by atoms with Crippen LogP contribution in [0.4, 0.5) is 9.59 Å². The lowest BCUT2D eigenvalue weighted by molar-refractivity contribution is -0.131. The predicted octanol–water partition coefficient (Wildman–Crippen LogP) is 0.738. The summed E-state index contributed by atoms with van der Waals surface area (Å²) in [5, 5.41) is 5.76. The molecule has 0 saturated carbocycles. The van der Waals surface area contributed by atoms with Crippen molar-refractivity contribution in [2.24, 2.45) is 0 Å². The van der Waals surface area contributed by atoms with Crippen LogP contribution in [0.3, 0.4) is 0 Å². The number of aromatic nitrogens is 1. The Morgan fingerprint density at radius 2 is 1.96 bits per heavy atom. The summed E-state index contributed by atoms with van der Waals surface area (Å²) >= 11 is 0. The summed E-state index contributed by atoms with van der Waals surface area (Å²) < 4.78 is 0. The zero-order valence-corrected chi connectivity index (χ0v) is 14.5. The van der Waals surface area contributed by atoms with Crippen molar-refractivity contribution in [1.29, 1.82) is 0 Å². The van der Waals surface area contributed by atoms with E-state index < -0.39 is 5.54 Å². The number of likely N-dealkylation sites (tertiary alicyclic amines) is 1. The molecule has 2 aliphatic heterocycles. The molecule has 2 fully saturated rings. The van der Waals surface area contributed by atoms with E-state index >= 15 is 0 Å². The number of carbonyl (C=O) groups excluding carboxylic acids is 3. The maximum atomic E-state index is 12.4. The molecule has 3 rings (SSSR count). The topological polar surface area (TPSA) is 94.6 Å². The number of hydrogen-bond donors (Lipinski definition) is 2. The summed E-state index contributed by atoms with van der Waals surface area (Å²) in [7, 11) is 1.48. The highest BCUT2D eigenvalue weighted by Crippen LogP contribution is 2.28. The Kier molecular flexibility index (Phi) is 4.61. The van der Waals surface area contributed by atoms with Crippen LogP contribution in [0.15, 0.2) is 24.5 Å². The molecule has 3 heterocycles. The fourth-order valence-corrected chi connectivity index (χ4v) is 3.41. The lowest BCUT2D eigenvalue weighted by Crippen LogP contribution is -2.57. The van der Waals surface area contributed by atoms with Crippen LogP contribution in [0.5, 0.6) is 0 Å². The number of piperidine rings is 1. The summed E-state index contributed by atoms with van der Waals surface area (Å²) in [6.45, 7) is 2.83. The molecule has 5 amide bonds. The van der Waals surface area contributed by atoms with Crippen molar-refractivity contribution in [3.8, 4) is 0 Å². The standard InChI is InChI=1S/C17H23N5O3/c1-12(11-13-3-7-18-8-4-13)19-15(24)22-9-5-17(6-10-22)14(23)21(2)16(25)20-17/h3-4,7-8,12H,5-6,9-11H2,1-2H3,(H,19,24)(H,20,25). The normalized spacial score (nSPS) is 20.6. The quantitative estimate of drug-likeness (QED) is 0.790. The Labute approximate surface area is 146 Å². The van der Waals surface area contributed by atoms with Gasteiger partial charge in [0.05, 0.1) is 0 Å². The summed E-state index contributed by atoms with van der Waals surface area (Å²) in [4.78, 5) is 43.2. The van der Waals surface area contributed by atoms with Crippen molar-refractivity contribution in [1.82, 2.24) is 25.4 Å². The first kappa shape index (κ1) is 17.2. The van der Waals surface area contributed by atoms with Gasteiger partial charge >= 0.3 is 12.1 Å². The molecule has 0 aromatic carbocycles. The second kappa shape index (κ2) is 6.70. The Hall–Kier alpha value is -2.64. The van der Waals surface area contributed by atoms with E-state index in [1.807, 2.05) is 19.1 Å². The van der Waals surface area contributed by atoms with Crippen molar-refractivity contribution >= 4 is 18.0 Å². The van der Waals surface area contributed by atoms with Gasteiger partial charge in [-0.3, -0.25) is 14.7 Å². The van der Waals surface area contributed by atoms with E-state index in [9.17, 15) is 14.4 Å². The summed E-state index contributed by atoms with van der Waals surface area (Å²) in [5.74, 6) is -0.205. The SMILES string of the molecule is CC(Cc1ccncc1)NC(=O)N1CCC2(CC1)NC(=O)N(C)C2=O. The third-order valence-electron chi connectivity index (χ3n) is 4.93. The van der Waals surface area contributed by atoms with Crippen LogP contribution >= 0.6 is 0 Å². The van der Waals surface area contributed by atoms with Crippen LogP contribution in [0.1, 0.15) is 25.3 Å².